The van der Waals surface area contributed by atoms with E-state index in [0.717, 1.165) is 32.3 Å². The number of hydrogen-bond acceptors (Lipinski definition) is 2. The smallest absolute Gasteiger partial charge is 0.249 e. The molecular formula is C15H21NO2. The highest BCUT2D eigenvalue weighted by Gasteiger charge is 2.22. The van der Waals surface area contributed by atoms with Crippen molar-refractivity contribution >= 4 is 5.91 Å². The summed E-state index contributed by atoms with van der Waals surface area (Å²) in [6, 6.07) is 8.57. The van der Waals surface area contributed by atoms with Crippen molar-refractivity contribution in [2.24, 2.45) is 0 Å². The van der Waals surface area contributed by atoms with Crippen LogP contribution in [0.25, 0.3) is 0 Å². The van der Waals surface area contributed by atoms with Gasteiger partial charge in [-0.1, -0.05) is 31.2 Å². The monoisotopic (exact) mass is 247 g/mol. The van der Waals surface area contributed by atoms with Crippen LogP contribution in [0.1, 0.15) is 30.9 Å². The Bertz CT molecular complexity index is 380. The second-order valence-electron chi connectivity index (χ2n) is 4.71. The van der Waals surface area contributed by atoms with Gasteiger partial charge in [0.1, 0.15) is 6.10 Å². The molecule has 1 amide bonds. The minimum atomic E-state index is -0.215. The van der Waals surface area contributed by atoms with E-state index in [4.69, 9.17) is 4.74 Å². The maximum atomic E-state index is 11.7. The van der Waals surface area contributed by atoms with Crippen LogP contribution in [-0.4, -0.2) is 25.2 Å². The molecule has 18 heavy (non-hydrogen) atoms. The number of amides is 1. The Morgan fingerprint density at radius 1 is 1.33 bits per heavy atom. The fraction of sp³-hybridized carbons (Fsp3) is 0.533. The van der Waals surface area contributed by atoms with Crippen molar-refractivity contribution in [3.05, 3.63) is 35.4 Å². The molecule has 1 aromatic rings. The molecule has 1 aliphatic rings. The van der Waals surface area contributed by atoms with E-state index < -0.39 is 0 Å². The highest BCUT2D eigenvalue weighted by atomic mass is 16.5. The van der Waals surface area contributed by atoms with Gasteiger partial charge in [-0.2, -0.15) is 0 Å². The highest BCUT2D eigenvalue weighted by Crippen LogP contribution is 2.11. The molecule has 0 bridgehead atoms. The summed E-state index contributed by atoms with van der Waals surface area (Å²) in [5.74, 6) is 0.0395. The molecule has 0 saturated carbocycles. The minimum Gasteiger partial charge on any atom is -0.368 e. The molecule has 1 saturated heterocycles. The fourth-order valence-electron chi connectivity index (χ4n) is 2.17. The number of hydrogen-bond donors (Lipinski definition) is 1. The summed E-state index contributed by atoms with van der Waals surface area (Å²) in [5.41, 5.74) is 2.61. The first-order chi connectivity index (χ1) is 8.79. The van der Waals surface area contributed by atoms with Crippen molar-refractivity contribution < 1.29 is 9.53 Å². The van der Waals surface area contributed by atoms with Crippen LogP contribution in [0.4, 0.5) is 0 Å². The first-order valence-electron chi connectivity index (χ1n) is 6.76. The van der Waals surface area contributed by atoms with Crippen molar-refractivity contribution in [2.45, 2.75) is 38.7 Å². The van der Waals surface area contributed by atoms with Gasteiger partial charge >= 0.3 is 0 Å². The lowest BCUT2D eigenvalue weighted by atomic mass is 10.1. The second-order valence-corrected chi connectivity index (χ2v) is 4.71. The summed E-state index contributed by atoms with van der Waals surface area (Å²) >= 11 is 0. The SMILES string of the molecule is CCc1ccc(CCNC(=O)C2CCCO2)cc1. The molecule has 3 heteroatoms. The number of benzene rings is 1. The molecule has 3 nitrogen and oxygen atoms in total. The quantitative estimate of drug-likeness (QED) is 0.865. The average Bonchev–Trinajstić information content (AvgIpc) is 2.93. The van der Waals surface area contributed by atoms with Gasteiger partial charge in [-0.15, -0.1) is 0 Å². The van der Waals surface area contributed by atoms with Crippen LogP contribution in [0, 0.1) is 0 Å². The summed E-state index contributed by atoms with van der Waals surface area (Å²) in [6.45, 7) is 3.55. The van der Waals surface area contributed by atoms with E-state index in [-0.39, 0.29) is 12.0 Å². The molecule has 0 aromatic heterocycles. The van der Waals surface area contributed by atoms with E-state index >= 15 is 0 Å². The highest BCUT2D eigenvalue weighted by molar-refractivity contribution is 5.80. The largest absolute Gasteiger partial charge is 0.368 e. The molecule has 1 aromatic carbocycles. The summed E-state index contributed by atoms with van der Waals surface area (Å²) in [4.78, 5) is 11.7. The van der Waals surface area contributed by atoms with Crippen LogP contribution in [-0.2, 0) is 22.4 Å². The van der Waals surface area contributed by atoms with Crippen molar-refractivity contribution in [1.82, 2.24) is 5.32 Å². The van der Waals surface area contributed by atoms with Crippen LogP contribution in [0.3, 0.4) is 0 Å². The number of nitrogens with one attached hydrogen (secondary N) is 1. The summed E-state index contributed by atoms with van der Waals surface area (Å²) < 4.78 is 5.34. The molecular weight excluding hydrogens is 226 g/mol. The van der Waals surface area contributed by atoms with Gasteiger partial charge in [0, 0.05) is 13.2 Å². The van der Waals surface area contributed by atoms with Gasteiger partial charge < -0.3 is 10.1 Å². The van der Waals surface area contributed by atoms with Crippen LogP contribution in [0.2, 0.25) is 0 Å². The van der Waals surface area contributed by atoms with E-state index in [1.807, 2.05) is 0 Å². The van der Waals surface area contributed by atoms with Crippen LogP contribution in [0.5, 0.6) is 0 Å². The average molecular weight is 247 g/mol. The van der Waals surface area contributed by atoms with Crippen LogP contribution in [0.15, 0.2) is 24.3 Å². The van der Waals surface area contributed by atoms with Gasteiger partial charge in [-0.05, 0) is 36.8 Å². The predicted molar refractivity (Wildman–Crippen MR) is 71.5 cm³/mol. The van der Waals surface area contributed by atoms with Crippen molar-refractivity contribution in [3.8, 4) is 0 Å². The number of aryl methyl sites for hydroxylation is 1. The Hall–Kier alpha value is -1.35. The van der Waals surface area contributed by atoms with E-state index in [0.29, 0.717) is 6.54 Å². The minimum absolute atomic E-state index is 0.0395. The normalized spacial score (nSPS) is 18.8. The molecule has 1 N–H and O–H groups in total. The van der Waals surface area contributed by atoms with Gasteiger partial charge in [-0.3, -0.25) is 4.79 Å². The zero-order valence-corrected chi connectivity index (χ0v) is 10.9. The molecule has 1 heterocycles. The predicted octanol–water partition coefficient (Wildman–Crippen LogP) is 2.09. The lowest BCUT2D eigenvalue weighted by Gasteiger charge is -2.10. The zero-order valence-electron chi connectivity index (χ0n) is 10.9. The number of rotatable bonds is 5. The van der Waals surface area contributed by atoms with Crippen LogP contribution >= 0.6 is 0 Å². The van der Waals surface area contributed by atoms with E-state index in [1.165, 1.54) is 11.1 Å². The first kappa shape index (κ1) is 13.1. The molecule has 98 valence electrons. The maximum Gasteiger partial charge on any atom is 0.249 e. The van der Waals surface area contributed by atoms with E-state index in [2.05, 4.69) is 36.5 Å². The maximum absolute atomic E-state index is 11.7. The van der Waals surface area contributed by atoms with E-state index in [1.54, 1.807) is 0 Å². The molecule has 2 rings (SSSR count). The molecule has 1 unspecified atom stereocenters. The standard InChI is InChI=1S/C15H21NO2/c1-2-12-5-7-13(8-6-12)9-10-16-15(17)14-4-3-11-18-14/h5-8,14H,2-4,9-11H2,1H3,(H,16,17). The first-order valence-corrected chi connectivity index (χ1v) is 6.76. The van der Waals surface area contributed by atoms with Gasteiger partial charge in [-0.25, -0.2) is 0 Å². The topological polar surface area (TPSA) is 38.3 Å². The third kappa shape index (κ3) is 3.57. The molecule has 1 aliphatic heterocycles. The lowest BCUT2D eigenvalue weighted by molar-refractivity contribution is -0.129. The Labute approximate surface area is 109 Å². The van der Waals surface area contributed by atoms with Crippen molar-refractivity contribution in [3.63, 3.8) is 0 Å². The summed E-state index contributed by atoms with van der Waals surface area (Å²) in [7, 11) is 0. The van der Waals surface area contributed by atoms with Crippen LogP contribution < -0.4 is 5.32 Å². The molecule has 1 fully saturated rings. The molecule has 0 spiro atoms. The number of carbonyl (C=O) groups is 1. The Balaban J connectivity index is 1.72. The third-order valence-corrected chi connectivity index (χ3v) is 3.37. The van der Waals surface area contributed by atoms with E-state index in [9.17, 15) is 4.79 Å². The van der Waals surface area contributed by atoms with Gasteiger partial charge in [0.15, 0.2) is 0 Å². The van der Waals surface area contributed by atoms with Crippen molar-refractivity contribution in [2.75, 3.05) is 13.2 Å². The molecule has 0 aliphatic carbocycles. The second kappa shape index (κ2) is 6.55. The number of carbonyl (C=O) groups excluding carboxylic acids is 1. The lowest BCUT2D eigenvalue weighted by Crippen LogP contribution is -2.35. The Morgan fingerprint density at radius 2 is 2.06 bits per heavy atom. The zero-order chi connectivity index (χ0) is 12.8. The summed E-state index contributed by atoms with van der Waals surface area (Å²) in [5, 5.41) is 2.94. The third-order valence-electron chi connectivity index (χ3n) is 3.37. The Morgan fingerprint density at radius 3 is 2.67 bits per heavy atom. The Kier molecular flexibility index (Phi) is 4.76. The van der Waals surface area contributed by atoms with Crippen molar-refractivity contribution in [1.29, 1.82) is 0 Å². The fourth-order valence-corrected chi connectivity index (χ4v) is 2.17. The summed E-state index contributed by atoms with van der Waals surface area (Å²) in [6.07, 6.45) is 3.58. The molecule has 1 atom stereocenters. The molecule has 0 radical (unpaired) electrons. The van der Waals surface area contributed by atoms with Gasteiger partial charge in [0.2, 0.25) is 5.91 Å². The number of ether oxygens (including phenoxy) is 1. The van der Waals surface area contributed by atoms with Gasteiger partial charge in [0.05, 0.1) is 0 Å². The van der Waals surface area contributed by atoms with Gasteiger partial charge in [0.25, 0.3) is 0 Å².